The molecule has 0 saturated heterocycles. The van der Waals surface area contributed by atoms with Crippen LogP contribution in [-0.2, 0) is 4.29 Å². The minimum atomic E-state index is -1.01. The van der Waals surface area contributed by atoms with Gasteiger partial charge in [-0.25, -0.2) is 4.79 Å². The molecule has 0 radical (unpaired) electrons. The van der Waals surface area contributed by atoms with Gasteiger partial charge in [0.2, 0.25) is 0 Å². The fourth-order valence-corrected chi connectivity index (χ4v) is 1.66. The maximum Gasteiger partial charge on any atom is 0.421 e. The molecule has 0 aromatic rings. The summed E-state index contributed by atoms with van der Waals surface area (Å²) in [5.41, 5.74) is -1.01. The Morgan fingerprint density at radius 1 is 1.43 bits per heavy atom. The van der Waals surface area contributed by atoms with Crippen molar-refractivity contribution in [1.29, 1.82) is 0 Å². The van der Waals surface area contributed by atoms with E-state index in [4.69, 9.17) is 0 Å². The Balaban J connectivity index is 0.000000292. The average Bonchev–Trinajstić information content (AvgIpc) is 2.21. The van der Waals surface area contributed by atoms with Gasteiger partial charge in [0.1, 0.15) is 11.9 Å². The first-order valence-electron chi connectivity index (χ1n) is 4.79. The fourth-order valence-electron chi connectivity index (χ4n) is 1.66. The average molecular weight is 239 g/mol. The Hall–Kier alpha value is -0.210. The Kier molecular flexibility index (Phi) is 9.21. The number of allylic oxidation sites excluding steroid dienone is 1. The van der Waals surface area contributed by atoms with Crippen LogP contribution < -0.4 is 0 Å². The van der Waals surface area contributed by atoms with E-state index in [0.717, 1.165) is 5.92 Å². The molecule has 1 aliphatic carbocycles. The van der Waals surface area contributed by atoms with E-state index < -0.39 is 5.43 Å². The number of hydrogen-bond donors (Lipinski definition) is 0. The van der Waals surface area contributed by atoms with Crippen molar-refractivity contribution in [2.45, 2.75) is 38.5 Å². The Bertz CT molecular complexity index is 166. The van der Waals surface area contributed by atoms with Crippen LogP contribution in [-0.4, -0.2) is 5.43 Å². The van der Waals surface area contributed by atoms with Gasteiger partial charge in [0.15, 0.2) is 0 Å². The second-order valence-electron chi connectivity index (χ2n) is 3.34. The summed E-state index contributed by atoms with van der Waals surface area (Å²) >= 11 is 8.82. The maximum absolute atomic E-state index is 9.22. The third-order valence-corrected chi connectivity index (χ3v) is 2.58. The molecule has 2 nitrogen and oxygen atoms in total. The van der Waals surface area contributed by atoms with Crippen LogP contribution >= 0.6 is 23.5 Å². The summed E-state index contributed by atoms with van der Waals surface area (Å²) in [7, 11) is 0. The van der Waals surface area contributed by atoms with E-state index in [2.05, 4.69) is 40.4 Å². The molecule has 0 N–H and O–H groups in total. The Labute approximate surface area is 95.4 Å². The normalized spacial score (nSPS) is 16.4. The smallest absolute Gasteiger partial charge is 0.334 e. The lowest BCUT2D eigenvalue weighted by molar-refractivity contribution is 0.230. The number of carbonyl (C=O) groups excluding carboxylic acids is 1. The fraction of sp³-hybridized carbons (Fsp3) is 0.700. The van der Waals surface area contributed by atoms with Gasteiger partial charge in [-0.15, -0.1) is 6.58 Å². The van der Waals surface area contributed by atoms with Gasteiger partial charge in [-0.1, -0.05) is 38.2 Å². The van der Waals surface area contributed by atoms with E-state index >= 15 is 0 Å². The molecular weight excluding hydrogens is 223 g/mol. The molecule has 0 heterocycles. The number of carbonyl (C=O) groups is 1. The summed E-state index contributed by atoms with van der Waals surface area (Å²) in [4.78, 5) is 9.22. The number of hydrogen-bond acceptors (Lipinski definition) is 2. The summed E-state index contributed by atoms with van der Waals surface area (Å²) in [5.74, 6) is 0.983. The van der Waals surface area contributed by atoms with Crippen molar-refractivity contribution in [3.05, 3.63) is 12.7 Å². The molecule has 0 aromatic carbocycles. The highest BCUT2D eigenvalue weighted by molar-refractivity contribution is 6.62. The molecule has 1 aliphatic rings. The molecule has 1 saturated carbocycles. The van der Waals surface area contributed by atoms with Gasteiger partial charge in [0.25, 0.3) is 0 Å². The van der Waals surface area contributed by atoms with Crippen LogP contribution in [0.15, 0.2) is 12.7 Å². The van der Waals surface area contributed by atoms with Crippen molar-refractivity contribution >= 4 is 28.9 Å². The molecule has 0 bridgehead atoms. The molecule has 82 valence electrons. The topological polar surface area (TPSA) is 26.3 Å². The maximum atomic E-state index is 9.22. The van der Waals surface area contributed by atoms with Crippen molar-refractivity contribution in [2.75, 3.05) is 0 Å². The van der Waals surface area contributed by atoms with Crippen molar-refractivity contribution in [1.82, 2.24) is 0 Å². The van der Waals surface area contributed by atoms with Crippen LogP contribution in [0.4, 0.5) is 4.79 Å². The molecule has 14 heavy (non-hydrogen) atoms. The molecule has 0 aromatic heterocycles. The third-order valence-electron chi connectivity index (χ3n) is 2.29. The van der Waals surface area contributed by atoms with Gasteiger partial charge in [-0.05, 0) is 12.3 Å². The lowest BCUT2D eigenvalue weighted by Crippen LogP contribution is -2.04. The van der Waals surface area contributed by atoms with Gasteiger partial charge < -0.3 is 4.29 Å². The number of rotatable bonds is 2. The van der Waals surface area contributed by atoms with Crippen molar-refractivity contribution in [3.8, 4) is 0 Å². The first kappa shape index (κ1) is 13.8. The summed E-state index contributed by atoms with van der Waals surface area (Å²) in [6, 6.07) is 0. The summed E-state index contributed by atoms with van der Waals surface area (Å²) < 4.78 is 3.35. The van der Waals surface area contributed by atoms with Gasteiger partial charge in [0.05, 0.1) is 0 Å². The standard InChI is InChI=1S/C9H16.CCl2O2/c1-2-6-9-7-4-3-5-8-9;2-1(4)5-3/h2,9H,1,3-8H2;. The highest BCUT2D eigenvalue weighted by Crippen LogP contribution is 2.25. The molecule has 1 rings (SSSR count). The van der Waals surface area contributed by atoms with Crippen LogP contribution in [0.2, 0.25) is 0 Å². The second-order valence-corrected chi connectivity index (χ2v) is 3.81. The van der Waals surface area contributed by atoms with Crippen molar-refractivity contribution in [3.63, 3.8) is 0 Å². The SMILES string of the molecule is C=CCC1CCCCC1.O=C(Cl)OCl. The summed E-state index contributed by atoms with van der Waals surface area (Å²) in [5, 5.41) is 0. The zero-order chi connectivity index (χ0) is 10.8. The predicted octanol–water partition coefficient (Wildman–Crippen LogP) is 4.66. The van der Waals surface area contributed by atoms with Crippen LogP contribution in [0.25, 0.3) is 0 Å². The largest absolute Gasteiger partial charge is 0.421 e. The van der Waals surface area contributed by atoms with E-state index in [1.807, 2.05) is 0 Å². The number of halogens is 2. The summed E-state index contributed by atoms with van der Waals surface area (Å²) in [6.45, 7) is 3.75. The van der Waals surface area contributed by atoms with E-state index in [0.29, 0.717) is 0 Å². The van der Waals surface area contributed by atoms with Gasteiger partial charge in [-0.2, -0.15) is 0 Å². The third kappa shape index (κ3) is 8.39. The van der Waals surface area contributed by atoms with Gasteiger partial charge in [0, 0.05) is 11.6 Å². The Morgan fingerprint density at radius 2 is 1.93 bits per heavy atom. The minimum absolute atomic E-state index is 0.983. The molecule has 0 aliphatic heterocycles. The van der Waals surface area contributed by atoms with E-state index in [1.165, 1.54) is 38.5 Å². The lowest BCUT2D eigenvalue weighted by Gasteiger charge is -2.19. The predicted molar refractivity (Wildman–Crippen MR) is 59.6 cm³/mol. The first-order valence-corrected chi connectivity index (χ1v) is 5.48. The quantitative estimate of drug-likeness (QED) is 0.517. The zero-order valence-electron chi connectivity index (χ0n) is 8.18. The van der Waals surface area contributed by atoms with Gasteiger partial charge >= 0.3 is 5.43 Å². The van der Waals surface area contributed by atoms with Crippen molar-refractivity contribution in [2.24, 2.45) is 5.92 Å². The Morgan fingerprint density at radius 3 is 2.29 bits per heavy atom. The van der Waals surface area contributed by atoms with Gasteiger partial charge in [-0.3, -0.25) is 0 Å². The van der Waals surface area contributed by atoms with E-state index in [1.54, 1.807) is 0 Å². The summed E-state index contributed by atoms with van der Waals surface area (Å²) in [6.07, 6.45) is 10.6. The molecule has 0 unspecified atom stereocenters. The lowest BCUT2D eigenvalue weighted by atomic mass is 9.87. The molecular formula is C10H16Cl2O2. The minimum Gasteiger partial charge on any atom is -0.334 e. The molecule has 1 fully saturated rings. The van der Waals surface area contributed by atoms with E-state index in [-0.39, 0.29) is 0 Å². The molecule has 0 amide bonds. The highest BCUT2D eigenvalue weighted by atomic mass is 35.5. The van der Waals surface area contributed by atoms with Crippen molar-refractivity contribution < 1.29 is 9.08 Å². The van der Waals surface area contributed by atoms with E-state index in [9.17, 15) is 4.79 Å². The van der Waals surface area contributed by atoms with Crippen LogP contribution in [0.1, 0.15) is 38.5 Å². The molecule has 4 heteroatoms. The zero-order valence-corrected chi connectivity index (χ0v) is 9.69. The molecule has 0 atom stereocenters. The van der Waals surface area contributed by atoms with Crippen LogP contribution in [0.3, 0.4) is 0 Å². The highest BCUT2D eigenvalue weighted by Gasteiger charge is 2.10. The second kappa shape index (κ2) is 9.35. The van der Waals surface area contributed by atoms with Crippen LogP contribution in [0, 0.1) is 5.92 Å². The van der Waals surface area contributed by atoms with Crippen LogP contribution in [0.5, 0.6) is 0 Å². The first-order chi connectivity index (χ1) is 6.70. The molecule has 0 spiro atoms. The monoisotopic (exact) mass is 238 g/mol.